The third kappa shape index (κ3) is 5.00. The normalized spacial score (nSPS) is 17.9. The molecule has 1 aromatic heterocycles. The molecule has 1 unspecified atom stereocenters. The molecule has 0 bridgehead atoms. The van der Waals surface area contributed by atoms with E-state index >= 15 is 0 Å². The highest BCUT2D eigenvalue weighted by molar-refractivity contribution is 6.46. The van der Waals surface area contributed by atoms with Crippen molar-refractivity contribution in [2.75, 3.05) is 33.8 Å². The molecule has 2 heterocycles. The molecule has 1 saturated heterocycles. The highest BCUT2D eigenvalue weighted by Gasteiger charge is 2.44. The fourth-order valence-corrected chi connectivity index (χ4v) is 3.64. The standard InChI is InChI=1S/C24H27N3O4/c1-4-15-31-19-8-5-7-18(16-19)21-20(22(28)17-9-11-25-12-10-17)23(29)24(30)27(21)14-6-13-26(2)3/h4-5,7-12,16,21,28H,1,6,13-15H2,2-3H3. The van der Waals surface area contributed by atoms with E-state index in [0.717, 1.165) is 6.54 Å². The highest BCUT2D eigenvalue weighted by atomic mass is 16.5. The zero-order valence-corrected chi connectivity index (χ0v) is 17.8. The summed E-state index contributed by atoms with van der Waals surface area (Å²) in [6, 6.07) is 9.49. The molecule has 1 aromatic carbocycles. The third-order valence-corrected chi connectivity index (χ3v) is 5.09. The Morgan fingerprint density at radius 3 is 2.68 bits per heavy atom. The maximum Gasteiger partial charge on any atom is 0.295 e. The summed E-state index contributed by atoms with van der Waals surface area (Å²) in [5, 5.41) is 13.3. The maximum atomic E-state index is 13.3. The average molecular weight is 421 g/mol. The van der Waals surface area contributed by atoms with Crippen LogP contribution in [0, 0.1) is 0 Å². The van der Waals surface area contributed by atoms with Gasteiger partial charge in [0.15, 0.2) is 0 Å². The predicted octanol–water partition coefficient (Wildman–Crippen LogP) is 0.405. The number of carbonyl (C=O) groups excluding carboxylic acids is 2. The van der Waals surface area contributed by atoms with Gasteiger partial charge in [-0.15, -0.1) is 0 Å². The quantitative estimate of drug-likeness (QED) is 0.274. The second kappa shape index (κ2) is 10.0. The largest absolute Gasteiger partial charge is 0.872 e. The smallest absolute Gasteiger partial charge is 0.295 e. The summed E-state index contributed by atoms with van der Waals surface area (Å²) in [5.41, 5.74) is 0.958. The summed E-state index contributed by atoms with van der Waals surface area (Å²) >= 11 is 0. The van der Waals surface area contributed by atoms with Crippen LogP contribution in [0.3, 0.4) is 0 Å². The Kier molecular flexibility index (Phi) is 7.20. The number of Topliss-reactive ketones (excluding diaryl/α,β-unsaturated/α-hetero) is 1. The van der Waals surface area contributed by atoms with Crippen molar-refractivity contribution < 1.29 is 24.3 Å². The lowest BCUT2D eigenvalue weighted by atomic mass is 9.95. The van der Waals surface area contributed by atoms with E-state index in [9.17, 15) is 14.7 Å². The number of hydrogen-bond acceptors (Lipinski definition) is 5. The molecule has 7 nitrogen and oxygen atoms in total. The first-order chi connectivity index (χ1) is 14.9. The van der Waals surface area contributed by atoms with E-state index in [1.165, 1.54) is 22.2 Å². The molecular formula is C24H27N3O4. The molecule has 7 heteroatoms. The van der Waals surface area contributed by atoms with Gasteiger partial charge in [-0.25, -0.2) is 0 Å². The lowest BCUT2D eigenvalue weighted by Crippen LogP contribution is -3.05. The molecule has 1 aliphatic heterocycles. The molecular weight excluding hydrogens is 394 g/mol. The Morgan fingerprint density at radius 1 is 1.26 bits per heavy atom. The number of nitrogens with one attached hydrogen (secondary N) is 1. The average Bonchev–Trinajstić information content (AvgIpc) is 3.03. The number of aromatic nitrogens is 1. The molecule has 0 aliphatic carbocycles. The van der Waals surface area contributed by atoms with Gasteiger partial charge >= 0.3 is 0 Å². The monoisotopic (exact) mass is 421 g/mol. The molecule has 2 aromatic rings. The van der Waals surface area contributed by atoms with Gasteiger partial charge in [0.1, 0.15) is 12.4 Å². The van der Waals surface area contributed by atoms with Gasteiger partial charge < -0.3 is 19.6 Å². The van der Waals surface area contributed by atoms with E-state index in [-0.39, 0.29) is 5.57 Å². The molecule has 3 rings (SSSR count). The molecule has 1 aliphatic rings. The lowest BCUT2D eigenvalue weighted by molar-refractivity contribution is -0.858. The van der Waals surface area contributed by atoms with E-state index in [4.69, 9.17) is 4.74 Å². The molecule has 1 fully saturated rings. The minimum absolute atomic E-state index is 0.0331. The first-order valence-corrected chi connectivity index (χ1v) is 10.2. The van der Waals surface area contributed by atoms with Crippen molar-refractivity contribution in [3.8, 4) is 5.75 Å². The molecule has 162 valence electrons. The first-order valence-electron chi connectivity index (χ1n) is 10.2. The predicted molar refractivity (Wildman–Crippen MR) is 115 cm³/mol. The summed E-state index contributed by atoms with van der Waals surface area (Å²) in [6.45, 7) is 5.19. The van der Waals surface area contributed by atoms with Crippen molar-refractivity contribution in [3.63, 3.8) is 0 Å². The Hall–Kier alpha value is -3.45. The molecule has 1 N–H and O–H groups in total. The van der Waals surface area contributed by atoms with Gasteiger partial charge in [-0.2, -0.15) is 0 Å². The summed E-state index contributed by atoms with van der Waals surface area (Å²) in [4.78, 5) is 32.5. The van der Waals surface area contributed by atoms with Crippen LogP contribution in [-0.4, -0.2) is 55.4 Å². The molecule has 0 saturated carbocycles. The van der Waals surface area contributed by atoms with Crippen LogP contribution in [0.2, 0.25) is 0 Å². The Morgan fingerprint density at radius 2 is 2.00 bits per heavy atom. The van der Waals surface area contributed by atoms with Gasteiger partial charge in [0.05, 0.1) is 26.7 Å². The third-order valence-electron chi connectivity index (χ3n) is 5.09. The van der Waals surface area contributed by atoms with E-state index < -0.39 is 23.5 Å². The maximum absolute atomic E-state index is 13.3. The number of pyridine rings is 1. The van der Waals surface area contributed by atoms with Crippen LogP contribution in [-0.2, 0) is 9.59 Å². The highest BCUT2D eigenvalue weighted by Crippen LogP contribution is 2.39. The zero-order chi connectivity index (χ0) is 22.4. The topological polar surface area (TPSA) is 87.0 Å². The summed E-state index contributed by atoms with van der Waals surface area (Å²) in [6.07, 6.45) is 5.33. The Labute approximate surface area is 182 Å². The van der Waals surface area contributed by atoms with E-state index in [0.29, 0.717) is 36.4 Å². The van der Waals surface area contributed by atoms with Gasteiger partial charge in [0.2, 0.25) is 5.78 Å². The lowest BCUT2D eigenvalue weighted by Gasteiger charge is -2.28. The van der Waals surface area contributed by atoms with Gasteiger partial charge in [-0.3, -0.25) is 14.6 Å². The Bertz CT molecular complexity index is 985. The second-order valence-electron chi connectivity index (χ2n) is 7.69. The summed E-state index contributed by atoms with van der Waals surface area (Å²) in [7, 11) is 4.05. The second-order valence-corrected chi connectivity index (χ2v) is 7.69. The van der Waals surface area contributed by atoms with Gasteiger partial charge in [0.25, 0.3) is 5.91 Å². The number of ketones is 1. The van der Waals surface area contributed by atoms with Crippen LogP contribution in [0.15, 0.2) is 67.0 Å². The fourth-order valence-electron chi connectivity index (χ4n) is 3.64. The number of rotatable bonds is 9. The number of nitrogens with zero attached hydrogens (tertiary/aromatic N) is 2. The van der Waals surface area contributed by atoms with Gasteiger partial charge in [0, 0.05) is 30.9 Å². The van der Waals surface area contributed by atoms with E-state index in [2.05, 4.69) is 11.6 Å². The number of quaternary nitrogens is 1. The van der Waals surface area contributed by atoms with Crippen LogP contribution >= 0.6 is 0 Å². The van der Waals surface area contributed by atoms with Crippen LogP contribution in [0.4, 0.5) is 0 Å². The molecule has 0 spiro atoms. The van der Waals surface area contributed by atoms with Crippen molar-refractivity contribution in [1.29, 1.82) is 0 Å². The summed E-state index contributed by atoms with van der Waals surface area (Å²) < 4.78 is 5.63. The van der Waals surface area contributed by atoms with Gasteiger partial charge in [-0.05, 0) is 35.4 Å². The van der Waals surface area contributed by atoms with Crippen molar-refractivity contribution >= 4 is 17.4 Å². The van der Waals surface area contributed by atoms with Crippen molar-refractivity contribution in [3.05, 3.63) is 78.1 Å². The van der Waals surface area contributed by atoms with Crippen LogP contribution in [0.25, 0.3) is 5.76 Å². The molecule has 1 atom stereocenters. The van der Waals surface area contributed by atoms with E-state index in [1.807, 2.05) is 14.1 Å². The molecule has 0 radical (unpaired) electrons. The van der Waals surface area contributed by atoms with Crippen LogP contribution < -0.4 is 14.7 Å². The minimum Gasteiger partial charge on any atom is -0.872 e. The fraction of sp³-hybridized carbons (Fsp3) is 0.292. The number of amides is 1. The minimum atomic E-state index is -0.759. The number of benzene rings is 1. The van der Waals surface area contributed by atoms with Gasteiger partial charge in [-0.1, -0.05) is 30.5 Å². The first kappa shape index (κ1) is 22.2. The Balaban J connectivity index is 2.07. The van der Waals surface area contributed by atoms with Crippen LogP contribution in [0.5, 0.6) is 5.75 Å². The van der Waals surface area contributed by atoms with Crippen molar-refractivity contribution in [2.24, 2.45) is 0 Å². The molecule has 1 amide bonds. The van der Waals surface area contributed by atoms with Crippen molar-refractivity contribution in [1.82, 2.24) is 9.88 Å². The van der Waals surface area contributed by atoms with Crippen LogP contribution in [0.1, 0.15) is 23.6 Å². The number of likely N-dealkylation sites (tertiary alicyclic amines) is 1. The number of ether oxygens (including phenoxy) is 1. The van der Waals surface area contributed by atoms with E-state index in [1.54, 1.807) is 42.5 Å². The zero-order valence-electron chi connectivity index (χ0n) is 17.8. The number of hydrogen-bond donors (Lipinski definition) is 1. The van der Waals surface area contributed by atoms with Crippen molar-refractivity contribution in [2.45, 2.75) is 12.5 Å². The molecule has 31 heavy (non-hydrogen) atoms. The number of carbonyl (C=O) groups is 2. The SMILES string of the molecule is C=CCOc1cccc(C2C(=C([O-])c3ccncc3)C(=O)C(=O)N2CCC[NH+](C)C)c1. The summed E-state index contributed by atoms with van der Waals surface area (Å²) in [5.74, 6) is -1.27.